The highest BCUT2D eigenvalue weighted by Crippen LogP contribution is 2.45. The van der Waals surface area contributed by atoms with Crippen molar-refractivity contribution in [3.63, 3.8) is 0 Å². The van der Waals surface area contributed by atoms with Crippen LogP contribution in [-0.2, 0) is 23.3 Å². The van der Waals surface area contributed by atoms with Gasteiger partial charge in [0, 0.05) is 44.2 Å². The van der Waals surface area contributed by atoms with Crippen molar-refractivity contribution >= 4 is 23.0 Å². The van der Waals surface area contributed by atoms with E-state index in [1.807, 2.05) is 6.07 Å². The van der Waals surface area contributed by atoms with Gasteiger partial charge in [-0.05, 0) is 49.6 Å². The van der Waals surface area contributed by atoms with Crippen molar-refractivity contribution < 1.29 is 9.59 Å². The van der Waals surface area contributed by atoms with Gasteiger partial charge in [-0.25, -0.2) is 4.98 Å². The van der Waals surface area contributed by atoms with Gasteiger partial charge >= 0.3 is 0 Å². The lowest BCUT2D eigenvalue weighted by Crippen LogP contribution is -2.58. The summed E-state index contributed by atoms with van der Waals surface area (Å²) in [5.74, 6) is 0.716. The van der Waals surface area contributed by atoms with Gasteiger partial charge in [-0.2, -0.15) is 0 Å². The first-order valence-corrected chi connectivity index (χ1v) is 11.1. The summed E-state index contributed by atoms with van der Waals surface area (Å²) in [5, 5.41) is 2.09. The van der Waals surface area contributed by atoms with Gasteiger partial charge in [-0.1, -0.05) is 0 Å². The van der Waals surface area contributed by atoms with E-state index in [0.29, 0.717) is 5.91 Å². The van der Waals surface area contributed by atoms with Crippen LogP contribution in [0.2, 0.25) is 0 Å². The van der Waals surface area contributed by atoms with Crippen molar-refractivity contribution in [3.05, 3.63) is 39.6 Å². The highest BCUT2D eigenvalue weighted by Gasteiger charge is 2.50. The third-order valence-electron chi connectivity index (χ3n) is 6.54. The minimum atomic E-state index is -0.247. The van der Waals surface area contributed by atoms with E-state index in [9.17, 15) is 9.59 Å². The molecule has 2 aliphatic heterocycles. The zero-order chi connectivity index (χ0) is 19.3. The highest BCUT2D eigenvalue weighted by molar-refractivity contribution is 7.12. The molecule has 3 aliphatic rings. The molecule has 0 unspecified atom stereocenters. The van der Waals surface area contributed by atoms with E-state index in [1.165, 1.54) is 22.6 Å². The van der Waals surface area contributed by atoms with Crippen molar-refractivity contribution in [2.75, 3.05) is 19.6 Å². The van der Waals surface area contributed by atoms with E-state index in [-0.39, 0.29) is 17.2 Å². The van der Waals surface area contributed by atoms with E-state index in [0.717, 1.165) is 68.9 Å². The molecule has 2 aromatic rings. The van der Waals surface area contributed by atoms with Crippen LogP contribution in [0.5, 0.6) is 0 Å². The van der Waals surface area contributed by atoms with Gasteiger partial charge in [0.2, 0.25) is 5.91 Å². The first-order valence-electron chi connectivity index (χ1n) is 10.2. The molecule has 2 fully saturated rings. The highest BCUT2D eigenvalue weighted by atomic mass is 32.1. The lowest BCUT2D eigenvalue weighted by atomic mass is 9.78. The van der Waals surface area contributed by atoms with Crippen molar-refractivity contribution in [3.8, 4) is 0 Å². The molecule has 1 saturated heterocycles. The summed E-state index contributed by atoms with van der Waals surface area (Å²) in [4.78, 5) is 38.0. The number of nitrogens with one attached hydrogen (secondary N) is 1. The quantitative estimate of drug-likeness (QED) is 0.804. The van der Waals surface area contributed by atoms with Crippen LogP contribution in [0.25, 0.3) is 0 Å². The monoisotopic (exact) mass is 398 g/mol. The summed E-state index contributed by atoms with van der Waals surface area (Å²) in [6.45, 7) is 5.16. The third kappa shape index (κ3) is 3.01. The molecule has 4 heterocycles. The van der Waals surface area contributed by atoms with E-state index in [1.54, 1.807) is 13.3 Å². The maximum absolute atomic E-state index is 13.0. The van der Waals surface area contributed by atoms with Crippen LogP contribution in [0.15, 0.2) is 17.8 Å². The average molecular weight is 399 g/mol. The molecule has 5 rings (SSSR count). The van der Waals surface area contributed by atoms with Crippen molar-refractivity contribution in [2.45, 2.75) is 51.1 Å². The predicted molar refractivity (Wildman–Crippen MR) is 107 cm³/mol. The fourth-order valence-electron chi connectivity index (χ4n) is 4.84. The smallest absolute Gasteiger partial charge is 0.226 e. The van der Waals surface area contributed by atoms with Crippen molar-refractivity contribution in [1.29, 1.82) is 0 Å². The maximum Gasteiger partial charge on any atom is 0.226 e. The van der Waals surface area contributed by atoms with E-state index >= 15 is 0 Å². The Balaban J connectivity index is 1.34. The summed E-state index contributed by atoms with van der Waals surface area (Å²) in [5.41, 5.74) is 3.27. The molecule has 1 amide bonds. The Bertz CT molecular complexity index is 905. The number of aromatic amines is 1. The van der Waals surface area contributed by atoms with Crippen LogP contribution >= 0.6 is 11.3 Å². The second-order valence-corrected chi connectivity index (χ2v) is 9.34. The van der Waals surface area contributed by atoms with Gasteiger partial charge in [-0.3, -0.25) is 14.5 Å². The standard InChI is InChI=1S/C21H26N4O2S/c1-14(26)18-10-15(12-28-18)11-24-8-5-21(6-9-24)19-17(22-13-23-19)4-7-25(21)20(27)16-2-3-16/h10,12-13,16H,2-9,11H2,1H3,(H,22,23). The fourth-order valence-corrected chi connectivity index (χ4v) is 5.65. The molecule has 28 heavy (non-hydrogen) atoms. The zero-order valence-electron chi connectivity index (χ0n) is 16.2. The van der Waals surface area contributed by atoms with E-state index in [4.69, 9.17) is 0 Å². The Kier molecular flexibility index (Phi) is 4.39. The lowest BCUT2D eigenvalue weighted by Gasteiger charge is -2.50. The number of ketones is 1. The number of Topliss-reactive ketones (excluding diaryl/α,β-unsaturated/α-hetero) is 1. The number of imidazole rings is 1. The normalized spacial score (nSPS) is 21.7. The second-order valence-electron chi connectivity index (χ2n) is 8.43. The summed E-state index contributed by atoms with van der Waals surface area (Å²) in [7, 11) is 0. The largest absolute Gasteiger partial charge is 0.348 e. The van der Waals surface area contributed by atoms with Crippen LogP contribution in [0.4, 0.5) is 0 Å². The molecular formula is C21H26N4O2S. The van der Waals surface area contributed by atoms with Gasteiger partial charge in [0.1, 0.15) is 0 Å². The number of piperidine rings is 1. The second kappa shape index (κ2) is 6.81. The summed E-state index contributed by atoms with van der Waals surface area (Å²) >= 11 is 1.53. The third-order valence-corrected chi connectivity index (χ3v) is 7.62. The fraction of sp³-hybridized carbons (Fsp3) is 0.571. The maximum atomic E-state index is 13.0. The molecule has 0 bridgehead atoms. The molecule has 0 radical (unpaired) electrons. The Morgan fingerprint density at radius 1 is 1.29 bits per heavy atom. The Morgan fingerprint density at radius 2 is 2.07 bits per heavy atom. The van der Waals surface area contributed by atoms with Crippen LogP contribution in [-0.4, -0.2) is 51.1 Å². The number of nitrogens with zero attached hydrogens (tertiary/aromatic N) is 3. The molecule has 1 N–H and O–H groups in total. The molecule has 1 saturated carbocycles. The molecule has 0 atom stereocenters. The van der Waals surface area contributed by atoms with Gasteiger partial charge in [0.15, 0.2) is 5.78 Å². The number of likely N-dealkylation sites (tertiary alicyclic amines) is 1. The lowest BCUT2D eigenvalue weighted by molar-refractivity contribution is -0.143. The van der Waals surface area contributed by atoms with Crippen LogP contribution in [0.3, 0.4) is 0 Å². The number of H-pyrrole nitrogens is 1. The number of aromatic nitrogens is 2. The Hall–Kier alpha value is -1.99. The van der Waals surface area contributed by atoms with Crippen LogP contribution < -0.4 is 0 Å². The molecule has 0 aromatic carbocycles. The number of hydrogen-bond donors (Lipinski definition) is 1. The van der Waals surface area contributed by atoms with E-state index in [2.05, 4.69) is 25.1 Å². The number of thiophene rings is 1. The number of amides is 1. The Morgan fingerprint density at radius 3 is 2.75 bits per heavy atom. The van der Waals surface area contributed by atoms with Crippen LogP contribution in [0, 0.1) is 5.92 Å². The molecule has 2 aromatic heterocycles. The summed E-state index contributed by atoms with van der Waals surface area (Å²) < 4.78 is 0. The SMILES string of the molecule is CC(=O)c1cc(CN2CCC3(CC2)c2nc[nH]c2CCN3C(=O)C2CC2)cs1. The number of carbonyl (C=O) groups excluding carboxylic acids is 2. The van der Waals surface area contributed by atoms with Gasteiger partial charge in [0.05, 0.1) is 22.4 Å². The molecule has 6 nitrogen and oxygen atoms in total. The predicted octanol–water partition coefficient (Wildman–Crippen LogP) is 2.96. The molecular weight excluding hydrogens is 372 g/mol. The molecule has 7 heteroatoms. The van der Waals surface area contributed by atoms with Gasteiger partial charge in [0.25, 0.3) is 0 Å². The first-order chi connectivity index (χ1) is 13.6. The zero-order valence-corrected chi connectivity index (χ0v) is 17.1. The number of rotatable bonds is 4. The molecule has 148 valence electrons. The summed E-state index contributed by atoms with van der Waals surface area (Å²) in [6.07, 6.45) is 6.60. The van der Waals surface area contributed by atoms with Crippen LogP contribution in [0.1, 0.15) is 59.2 Å². The minimum absolute atomic E-state index is 0.136. The van der Waals surface area contributed by atoms with Crippen molar-refractivity contribution in [2.24, 2.45) is 5.92 Å². The summed E-state index contributed by atoms with van der Waals surface area (Å²) in [6, 6.07) is 2.02. The van der Waals surface area contributed by atoms with E-state index < -0.39 is 0 Å². The number of hydrogen-bond acceptors (Lipinski definition) is 5. The molecule has 1 aliphatic carbocycles. The number of fused-ring (bicyclic) bond motifs is 2. The number of carbonyl (C=O) groups is 2. The van der Waals surface area contributed by atoms with Gasteiger partial charge in [-0.15, -0.1) is 11.3 Å². The average Bonchev–Trinajstić information content (AvgIpc) is 3.23. The Labute approximate surface area is 168 Å². The topological polar surface area (TPSA) is 69.3 Å². The molecule has 1 spiro atoms. The first kappa shape index (κ1) is 18.1. The minimum Gasteiger partial charge on any atom is -0.348 e. The van der Waals surface area contributed by atoms with Gasteiger partial charge < -0.3 is 9.88 Å². The van der Waals surface area contributed by atoms with Crippen molar-refractivity contribution in [1.82, 2.24) is 19.8 Å².